The molecule has 3 heterocycles. The van der Waals surface area contributed by atoms with Crippen LogP contribution in [0.25, 0.3) is 0 Å². The topological polar surface area (TPSA) is 173 Å². The highest BCUT2D eigenvalue weighted by molar-refractivity contribution is 6.34. The number of methoxy groups -OCH3 is 1. The van der Waals surface area contributed by atoms with Crippen LogP contribution in [0.15, 0.2) is 48.5 Å². The minimum atomic E-state index is -1.12. The van der Waals surface area contributed by atoms with Crippen LogP contribution in [0.5, 0.6) is 0 Å². The van der Waals surface area contributed by atoms with Crippen molar-refractivity contribution in [2.45, 2.75) is 63.1 Å². The van der Waals surface area contributed by atoms with E-state index in [9.17, 15) is 28.8 Å². The Labute approximate surface area is 263 Å². The Morgan fingerprint density at radius 1 is 1.04 bits per heavy atom. The number of carbonyl (C=O) groups is 6. The third-order valence-corrected chi connectivity index (χ3v) is 7.98. The minimum Gasteiger partial charge on any atom is -0.453 e. The molecule has 0 saturated carbocycles. The van der Waals surface area contributed by atoms with Crippen LogP contribution < -0.4 is 16.0 Å². The molecule has 45 heavy (non-hydrogen) atoms. The molecule has 238 valence electrons. The van der Waals surface area contributed by atoms with Crippen molar-refractivity contribution < 1.29 is 43.0 Å². The molecule has 3 saturated heterocycles. The zero-order chi connectivity index (χ0) is 32.1. The van der Waals surface area contributed by atoms with Crippen molar-refractivity contribution in [1.29, 1.82) is 0 Å². The quantitative estimate of drug-likeness (QED) is 0.365. The molecule has 3 N–H and O–H groups in total. The number of nitrogens with zero attached hydrogens (tertiary/aromatic N) is 2. The van der Waals surface area contributed by atoms with E-state index in [0.717, 1.165) is 10.6 Å². The first-order valence-corrected chi connectivity index (χ1v) is 14.8. The number of carbonyl (C=O) groups excluding carboxylic acids is 6. The summed E-state index contributed by atoms with van der Waals surface area (Å²) in [5, 5.41) is 10.3. The van der Waals surface area contributed by atoms with Crippen molar-refractivity contribution in [3.05, 3.63) is 64.7 Å². The second-order valence-corrected chi connectivity index (χ2v) is 11.1. The fraction of sp³-hybridized carbons (Fsp3) is 0.400. The monoisotopic (exact) mass is 641 g/mol. The van der Waals surface area contributed by atoms with E-state index < -0.39 is 54.2 Å². The number of hydrogen-bond acceptors (Lipinski definition) is 9. The number of fused-ring (bicyclic) bond motifs is 1. The Balaban J connectivity index is 1.28. The van der Waals surface area contributed by atoms with E-state index in [2.05, 4.69) is 20.7 Å². The van der Waals surface area contributed by atoms with Crippen LogP contribution in [0, 0.1) is 0 Å². The number of hydrogen-bond donors (Lipinski definition) is 3. The summed E-state index contributed by atoms with van der Waals surface area (Å²) in [6, 6.07) is 10.4. The first-order chi connectivity index (χ1) is 21.6. The smallest absolute Gasteiger partial charge is 0.411 e. The molecule has 2 aromatic rings. The summed E-state index contributed by atoms with van der Waals surface area (Å²) in [7, 11) is 1.19. The van der Waals surface area contributed by atoms with Gasteiger partial charge in [-0.2, -0.15) is 0 Å². The normalized spacial score (nSPS) is 23.0. The molecule has 0 spiro atoms. The second-order valence-electron chi connectivity index (χ2n) is 10.7. The van der Waals surface area contributed by atoms with Crippen molar-refractivity contribution in [2.75, 3.05) is 19.0 Å². The lowest BCUT2D eigenvalue weighted by Gasteiger charge is -2.43. The lowest BCUT2D eigenvalue weighted by Crippen LogP contribution is -2.64. The van der Waals surface area contributed by atoms with E-state index in [0.29, 0.717) is 6.42 Å². The van der Waals surface area contributed by atoms with Crippen LogP contribution in [0.4, 0.5) is 10.5 Å². The highest BCUT2D eigenvalue weighted by Crippen LogP contribution is 2.27. The molecule has 5 amide bonds. The van der Waals surface area contributed by atoms with Crippen molar-refractivity contribution in [3.8, 4) is 0 Å². The molecule has 14 nitrogen and oxygen atoms in total. The zero-order valence-corrected chi connectivity index (χ0v) is 25.1. The van der Waals surface area contributed by atoms with Crippen molar-refractivity contribution in [1.82, 2.24) is 20.7 Å². The molecule has 3 aliphatic heterocycles. The van der Waals surface area contributed by atoms with Gasteiger partial charge in [-0.25, -0.2) is 9.80 Å². The highest BCUT2D eigenvalue weighted by Gasteiger charge is 2.46. The number of ether oxygens (including phenoxy) is 3. The van der Waals surface area contributed by atoms with E-state index in [1.807, 2.05) is 30.3 Å². The maximum atomic E-state index is 13.8. The van der Waals surface area contributed by atoms with E-state index in [1.54, 1.807) is 0 Å². The van der Waals surface area contributed by atoms with Gasteiger partial charge in [-0.15, -0.1) is 0 Å². The molecule has 0 radical (unpaired) electrons. The SMILES string of the molecule is COC(=O)Nc1ccc(C(=O)NC2CCC(=O)N3CCCC(C(=O)NC4CC(=O)OC4OCc4ccccc4)N3C2=O)cc1Cl. The fourth-order valence-corrected chi connectivity index (χ4v) is 5.63. The number of nitrogens with one attached hydrogen (secondary N) is 3. The van der Waals surface area contributed by atoms with Crippen molar-refractivity contribution in [3.63, 3.8) is 0 Å². The molecule has 3 fully saturated rings. The van der Waals surface area contributed by atoms with Crippen LogP contribution in [-0.4, -0.2) is 83.8 Å². The summed E-state index contributed by atoms with van der Waals surface area (Å²) >= 11 is 6.22. The van der Waals surface area contributed by atoms with E-state index >= 15 is 0 Å². The molecule has 15 heteroatoms. The van der Waals surface area contributed by atoms with Gasteiger partial charge in [-0.05, 0) is 43.0 Å². The first-order valence-electron chi connectivity index (χ1n) is 14.4. The summed E-state index contributed by atoms with van der Waals surface area (Å²) in [6.07, 6.45) is -1.20. The zero-order valence-electron chi connectivity index (χ0n) is 24.3. The Morgan fingerprint density at radius 2 is 1.82 bits per heavy atom. The van der Waals surface area contributed by atoms with Gasteiger partial charge in [0.05, 0.1) is 30.8 Å². The summed E-state index contributed by atoms with van der Waals surface area (Å²) in [4.78, 5) is 77.3. The van der Waals surface area contributed by atoms with Crippen LogP contribution in [0.3, 0.4) is 0 Å². The maximum absolute atomic E-state index is 13.8. The Morgan fingerprint density at radius 3 is 2.56 bits per heavy atom. The summed E-state index contributed by atoms with van der Waals surface area (Å²) < 4.78 is 15.6. The van der Waals surface area contributed by atoms with Gasteiger partial charge in [0.15, 0.2) is 0 Å². The maximum Gasteiger partial charge on any atom is 0.411 e. The minimum absolute atomic E-state index is 0.0147. The van der Waals surface area contributed by atoms with Gasteiger partial charge in [0, 0.05) is 18.5 Å². The average Bonchev–Trinajstić information content (AvgIpc) is 3.34. The number of anilines is 1. The Bertz CT molecular complexity index is 1490. The molecule has 0 bridgehead atoms. The van der Waals surface area contributed by atoms with Gasteiger partial charge in [-0.1, -0.05) is 41.9 Å². The average molecular weight is 642 g/mol. The number of amides is 5. The van der Waals surface area contributed by atoms with E-state index in [-0.39, 0.29) is 61.0 Å². The third-order valence-electron chi connectivity index (χ3n) is 7.67. The number of hydrazine groups is 1. The van der Waals surface area contributed by atoms with Crippen LogP contribution in [0.2, 0.25) is 5.02 Å². The third kappa shape index (κ3) is 7.35. The molecular formula is C30H32ClN5O9. The Hall–Kier alpha value is -4.69. The lowest BCUT2D eigenvalue weighted by molar-refractivity contribution is -0.177. The van der Waals surface area contributed by atoms with Crippen LogP contribution in [-0.2, 0) is 40.0 Å². The molecule has 4 atom stereocenters. The van der Waals surface area contributed by atoms with Gasteiger partial charge in [0.1, 0.15) is 18.1 Å². The summed E-state index contributed by atoms with van der Waals surface area (Å²) in [5.74, 6) is -2.74. The highest BCUT2D eigenvalue weighted by atomic mass is 35.5. The number of benzene rings is 2. The van der Waals surface area contributed by atoms with E-state index in [1.165, 1.54) is 30.3 Å². The molecule has 0 aromatic heterocycles. The van der Waals surface area contributed by atoms with Crippen molar-refractivity contribution in [2.24, 2.45) is 0 Å². The molecule has 0 aliphatic carbocycles. The number of halogens is 1. The number of rotatable bonds is 8. The molecular weight excluding hydrogens is 610 g/mol. The van der Waals surface area contributed by atoms with E-state index in [4.69, 9.17) is 21.1 Å². The van der Waals surface area contributed by atoms with Gasteiger partial charge >= 0.3 is 12.1 Å². The molecule has 3 aliphatic rings. The van der Waals surface area contributed by atoms with Gasteiger partial charge in [-0.3, -0.25) is 34.3 Å². The van der Waals surface area contributed by atoms with Gasteiger partial charge in [0.25, 0.3) is 11.8 Å². The van der Waals surface area contributed by atoms with Gasteiger partial charge in [0.2, 0.25) is 18.1 Å². The molecule has 2 aromatic carbocycles. The first kappa shape index (κ1) is 31.7. The molecule has 4 unspecified atom stereocenters. The second kappa shape index (κ2) is 13.9. The van der Waals surface area contributed by atoms with Gasteiger partial charge < -0.3 is 24.8 Å². The lowest BCUT2D eigenvalue weighted by atomic mass is 10.0. The Kier molecular flexibility index (Phi) is 9.83. The number of cyclic esters (lactones) is 1. The summed E-state index contributed by atoms with van der Waals surface area (Å²) in [5.41, 5.74) is 1.18. The predicted molar refractivity (Wildman–Crippen MR) is 157 cm³/mol. The molecule has 5 rings (SSSR count). The predicted octanol–water partition coefficient (Wildman–Crippen LogP) is 2.12. The standard InChI is InChI=1S/C30H32ClN5O9/c1-43-30(42)34-20-10-9-18(14-19(20)31)26(39)32-21-11-12-24(37)35-13-5-8-23(36(35)28(21)41)27(40)33-22-15-25(38)45-29(22)44-16-17-6-3-2-4-7-17/h2-4,6-7,9-10,14,21-23,29H,5,8,11-13,15-16H2,1H3,(H,32,39)(H,33,40)(H,34,42). The number of esters is 1. The van der Waals surface area contributed by atoms with Crippen LogP contribution >= 0.6 is 11.6 Å². The fourth-order valence-electron chi connectivity index (χ4n) is 5.40. The van der Waals surface area contributed by atoms with Crippen molar-refractivity contribution >= 4 is 53.0 Å². The van der Waals surface area contributed by atoms with Crippen LogP contribution in [0.1, 0.15) is 48.0 Å². The largest absolute Gasteiger partial charge is 0.453 e. The summed E-state index contributed by atoms with van der Waals surface area (Å²) in [6.45, 7) is 0.381.